The van der Waals surface area contributed by atoms with Crippen molar-refractivity contribution in [2.45, 2.75) is 80.3 Å². The number of nitro groups is 2. The van der Waals surface area contributed by atoms with Gasteiger partial charge in [-0.05, 0) is 116 Å². The molecule has 11 rings (SSSR count). The van der Waals surface area contributed by atoms with E-state index in [4.69, 9.17) is 148 Å². The fourth-order valence-corrected chi connectivity index (χ4v) is 12.1. The zero-order valence-electron chi connectivity index (χ0n) is 66.4. The van der Waals surface area contributed by atoms with Gasteiger partial charge < -0.3 is 75.5 Å². The summed E-state index contributed by atoms with van der Waals surface area (Å²) >= 11 is 45.7. The van der Waals surface area contributed by atoms with Crippen LogP contribution in [-0.2, 0) is 32.4 Å². The molecule has 13 N–H and O–H groups in total. The Hall–Kier alpha value is -4.22. The summed E-state index contributed by atoms with van der Waals surface area (Å²) in [6.07, 6.45) is 3.51. The van der Waals surface area contributed by atoms with Gasteiger partial charge in [0, 0.05) is 81.9 Å². The number of isothiocyanates is 1. The number of nitrogen functional groups attached to an aromatic ring is 4. The molecular weight excluding hydrogens is 2000 g/mol. The number of alkyl halides is 1. The van der Waals surface area contributed by atoms with E-state index >= 15 is 0 Å². The number of aromatic nitrogens is 2. The van der Waals surface area contributed by atoms with Gasteiger partial charge in [-0.3, -0.25) is 34.6 Å². The Balaban J connectivity index is 0. The number of halogens is 11. The van der Waals surface area contributed by atoms with Crippen molar-refractivity contribution in [1.82, 2.24) is 25.9 Å². The first-order chi connectivity index (χ1) is 53.8. The molecule has 616 valence electrons. The van der Waals surface area contributed by atoms with Crippen molar-refractivity contribution in [3.8, 4) is 24.3 Å². The summed E-state index contributed by atoms with van der Waals surface area (Å²) < 4.78 is 6.32. The van der Waals surface area contributed by atoms with Gasteiger partial charge in [-0.15, -0.1) is 12.4 Å². The maximum atomic E-state index is 12.2. The number of H-pyrrole nitrogens is 1. The molecule has 116 heavy (non-hydrogen) atoms. The number of hydrogen-bond donors (Lipinski definition) is 9. The molecule has 4 aliphatic heterocycles. The third kappa shape index (κ3) is 37.6. The topological polar surface area (TPSA) is 468 Å². The zero-order valence-corrected chi connectivity index (χ0v) is 84.1. The number of carbonyl (C=O) groups is 3. The van der Waals surface area contributed by atoms with Gasteiger partial charge in [-0.1, -0.05) is 135 Å². The minimum Gasteiger partial charge on any atom is -1.00 e. The normalized spacial score (nSPS) is 15.2. The SMILES string of the molecule is CC(C)(C)C(=O)NCc1ccc(Cl)c(N=C=S)c1.CC(C)(C)C(=O)NCc1ccc(Cl)c(Nc2nc3cc(N4CCC(C#N)C4)c(Cl)cc3[nH]2)c1.Cl.N#CC1CCN(c2cc(N)c(N)cc2Cl)C1.N#CC1CCN(c2cc(N)c([N+](=O)[O-])cc2Cl)C1.N#CC1CCNC1.Nc1cc(Cl)c(Cl)cc1[N+](=O)[O-].O=CO[O-].[2H][I-]C.[Cl][Sn][Cl].[H-].[K+].[K+]. The zero-order chi connectivity index (χ0) is 85.7. The maximum Gasteiger partial charge on any atom is 1.00 e. The van der Waals surface area contributed by atoms with Crippen molar-refractivity contribution >= 4 is 246 Å². The fourth-order valence-electron chi connectivity index (χ4n) is 10.5. The Morgan fingerprint density at radius 3 is 1.46 bits per heavy atom. The first-order valence-electron chi connectivity index (χ1n) is 34.0. The second kappa shape index (κ2) is 57.2. The molecule has 0 spiro atoms. The van der Waals surface area contributed by atoms with Crippen LogP contribution in [0, 0.1) is 100 Å². The number of anilines is 9. The number of amides is 2. The van der Waals surface area contributed by atoms with Gasteiger partial charge >= 0.3 is 167 Å². The number of imidazole rings is 1. The summed E-state index contributed by atoms with van der Waals surface area (Å²) in [5.74, 6) is 0.878. The van der Waals surface area contributed by atoms with E-state index in [-0.39, 0.29) is 213 Å². The van der Waals surface area contributed by atoms with Crippen LogP contribution in [0.2, 0.25) is 35.2 Å². The van der Waals surface area contributed by atoms with Crippen LogP contribution in [0.15, 0.2) is 89.9 Å². The average Bonchev–Trinajstić information content (AvgIpc) is 1.61. The van der Waals surface area contributed by atoms with Crippen LogP contribution in [-0.4, -0.2) is 120 Å². The van der Waals surface area contributed by atoms with E-state index in [9.17, 15) is 35.1 Å². The fraction of sp³-hybridized carbons (Fsp3) is 0.375. The Bertz CT molecular complexity index is 4690. The number of nitro benzene ring substituents is 2. The first kappa shape index (κ1) is 110. The number of rotatable bonds is 13. The number of nitrogens with two attached hydrogens (primary N) is 4. The predicted molar refractivity (Wildman–Crippen MR) is 460 cm³/mol. The molecule has 2 amide bonds. The number of carbonyl (C=O) groups excluding carboxylic acids is 3. The second-order valence-corrected chi connectivity index (χ2v) is 33.9. The summed E-state index contributed by atoms with van der Waals surface area (Å²) in [7, 11) is 9.87. The molecule has 5 heterocycles. The summed E-state index contributed by atoms with van der Waals surface area (Å²) in [6, 6.07) is 32.3. The van der Waals surface area contributed by atoms with E-state index in [0.29, 0.717) is 99.7 Å². The average molecular weight is 2090 g/mol. The number of aromatic amines is 1. The number of thiocarbonyl (C=S) groups is 1. The first-order valence-corrected chi connectivity index (χ1v) is 46.1. The van der Waals surface area contributed by atoms with Crippen LogP contribution in [0.1, 0.15) is 79.8 Å². The van der Waals surface area contributed by atoms with E-state index < -0.39 is 39.6 Å². The monoisotopic (exact) mass is 2080 g/mol. The van der Waals surface area contributed by atoms with Crippen molar-refractivity contribution in [2.75, 3.05) is 100 Å². The second-order valence-electron chi connectivity index (χ2n) is 26.6. The van der Waals surface area contributed by atoms with Gasteiger partial charge in [0.05, 0.1) is 149 Å². The van der Waals surface area contributed by atoms with Crippen molar-refractivity contribution < 1.29 is 161 Å². The molecule has 4 unspecified atom stereocenters. The van der Waals surface area contributed by atoms with E-state index in [2.05, 4.69) is 92.6 Å². The van der Waals surface area contributed by atoms with Crippen molar-refractivity contribution in [3.63, 3.8) is 0 Å². The Labute approximate surface area is 838 Å². The maximum absolute atomic E-state index is 12.2. The van der Waals surface area contributed by atoms with E-state index in [1.54, 1.807) is 30.3 Å². The van der Waals surface area contributed by atoms with Gasteiger partial charge in [-0.25, -0.2) is 4.98 Å². The Morgan fingerprint density at radius 2 is 1.05 bits per heavy atom. The number of aliphatic imine (C=N–C) groups is 1. The van der Waals surface area contributed by atoms with E-state index in [0.717, 1.165) is 91.5 Å². The molecule has 2 radical (unpaired) electrons. The molecule has 6 aromatic carbocycles. The molecule has 4 fully saturated rings. The van der Waals surface area contributed by atoms with Crippen LogP contribution in [0.5, 0.6) is 0 Å². The molecule has 4 aliphatic rings. The van der Waals surface area contributed by atoms with Crippen LogP contribution >= 0.6 is 124 Å². The minimum absolute atomic E-state index is 0. The quantitative estimate of drug-likeness (QED) is 0.00542. The van der Waals surface area contributed by atoms with Crippen LogP contribution in [0.4, 0.5) is 68.5 Å². The number of nitrogens with zero attached hydrogens (tertiary/aromatic N) is 11. The van der Waals surface area contributed by atoms with Crippen molar-refractivity contribution in [3.05, 3.63) is 151 Å². The molecular formula is C72H84Cl10IK2N20O9SSn-. The molecule has 4 atom stereocenters. The molecule has 4 saturated heterocycles. The molecule has 0 aliphatic carbocycles. The van der Waals surface area contributed by atoms with Gasteiger partial charge in [0.1, 0.15) is 11.4 Å². The molecule has 44 heteroatoms. The summed E-state index contributed by atoms with van der Waals surface area (Å²) in [6.45, 7) is 18.1. The number of nitriles is 4. The third-order valence-corrected chi connectivity index (χ3v) is 18.8. The number of benzene rings is 6. The smallest absolute Gasteiger partial charge is 1.00 e. The molecule has 0 saturated carbocycles. The van der Waals surface area contributed by atoms with Crippen molar-refractivity contribution in [2.24, 2.45) is 39.5 Å². The van der Waals surface area contributed by atoms with Crippen LogP contribution in [0.3, 0.4) is 0 Å². The number of fused-ring (bicyclic) bond motifs is 1. The van der Waals surface area contributed by atoms with Crippen LogP contribution in [0.25, 0.3) is 11.0 Å². The van der Waals surface area contributed by atoms with E-state index in [1.165, 1.54) is 18.2 Å². The molecule has 1 aromatic heterocycles. The van der Waals surface area contributed by atoms with Crippen LogP contribution < -0.4 is 189 Å². The summed E-state index contributed by atoms with van der Waals surface area (Å²) in [4.78, 5) is 74.8. The number of hydrogen-bond acceptors (Lipinski definition) is 25. The standard InChI is InChI=1S/C24H26Cl2N6O.C13H15ClN2OS.C11H11ClN4O2.C11H13ClN4.C6H4Cl2N2O2.C5H8N2.CH4I.CH2O3.3ClH.2K.Sn.H/c1-24(2,3)22(33)28-12-14-4-5-16(25)18(8-14)29-23-30-19-9-17(26)21(10-20(19)31-23)32-7-6-15(11-27)13-32;1-13(2,3)12(17)15-7-9-4-5-10(14)11(6-9)16-8-18;12-8-3-11(16(17)18)9(14)4-10(8)15-2-1-7(5-13)6-15;12-8-3-9(14)10(15)4-11(8)16-2-1-7(5-13)6-16;7-3-1-5(9)6(10(11)12)2-4(3)8;6-3-5-1-2-7-4-5;1-2;2-1-4-3;;;;;;;/h4-5,8-10,15H,6-7,12-13H2,1-3H3,(H,28,33)(H2,29,30,31);4-6H,7H2,1-3H3,(H,15,17);3-4,7H,1-2,6,14H2;3-4,7H,1-2,6,14-15H2;1-2H,9H2;5,7H,1-2,4H2;2H,1H3;1,3H;3*1H;;;;/q;;;;;;-1;;;;;2*+1;+2;-1/p-3/i;;;;;;2D;;;;;;;;. The summed E-state index contributed by atoms with van der Waals surface area (Å²) in [5.41, 5.74) is 29.2. The molecule has 7 aromatic rings. The molecule has 0 bridgehead atoms. The van der Waals surface area contributed by atoms with Gasteiger partial charge in [0.25, 0.3) is 17.8 Å². The number of nitrogens with one attached hydrogen (secondary N) is 5. The van der Waals surface area contributed by atoms with Gasteiger partial charge in [0.15, 0.2) is 0 Å². The van der Waals surface area contributed by atoms with Gasteiger partial charge in [0.2, 0.25) is 17.8 Å². The van der Waals surface area contributed by atoms with Crippen molar-refractivity contribution in [1.29, 1.82) is 21.6 Å². The Kier molecular flexibility index (Phi) is 54.1. The predicted octanol–water partition coefficient (Wildman–Crippen LogP) is 6.88. The summed E-state index contributed by atoms with van der Waals surface area (Å²) in [5, 5.41) is 81.9. The third-order valence-electron chi connectivity index (χ3n) is 16.4. The largest absolute Gasteiger partial charge is 1.00 e. The van der Waals surface area contributed by atoms with E-state index in [1.807, 2.05) is 81.7 Å². The molecule has 29 nitrogen and oxygen atoms in total. The van der Waals surface area contributed by atoms with Gasteiger partial charge in [-0.2, -0.15) is 26.0 Å². The minimum atomic E-state index is -0.826. The Morgan fingerprint density at radius 1 is 0.664 bits per heavy atom.